The molecule has 0 aliphatic heterocycles. The predicted octanol–water partition coefficient (Wildman–Crippen LogP) is 2.32. The maximum Gasteiger partial charge on any atom is 0.246 e. The van der Waals surface area contributed by atoms with Gasteiger partial charge in [0.1, 0.15) is 6.61 Å². The molecule has 3 nitrogen and oxygen atoms in total. The van der Waals surface area contributed by atoms with E-state index >= 15 is 0 Å². The van der Waals surface area contributed by atoms with Crippen molar-refractivity contribution in [3.05, 3.63) is 22.4 Å². The van der Waals surface area contributed by atoms with Gasteiger partial charge in [-0.25, -0.2) is 0 Å². The molecule has 1 aliphatic rings. The fraction of sp³-hybridized carbons (Fsp3) is 0.615. The third-order valence-corrected chi connectivity index (χ3v) is 4.28. The summed E-state index contributed by atoms with van der Waals surface area (Å²) < 4.78 is 4.83. The summed E-state index contributed by atoms with van der Waals surface area (Å²) in [6, 6.07) is 2.19. The summed E-state index contributed by atoms with van der Waals surface area (Å²) in [6.07, 6.45) is 4.87. The second-order valence-corrected chi connectivity index (χ2v) is 5.49. The van der Waals surface area contributed by atoms with Gasteiger partial charge in [0.05, 0.1) is 0 Å². The molecule has 1 N–H and O–H groups in total. The summed E-state index contributed by atoms with van der Waals surface area (Å²) in [6.45, 7) is 0.894. The number of amides is 1. The monoisotopic (exact) mass is 253 g/mol. The van der Waals surface area contributed by atoms with Gasteiger partial charge in [0, 0.05) is 19.1 Å². The molecule has 2 rings (SSSR count). The van der Waals surface area contributed by atoms with E-state index in [9.17, 15) is 4.79 Å². The maximum absolute atomic E-state index is 11.5. The summed E-state index contributed by atoms with van der Waals surface area (Å²) in [5.74, 6) is -0.0194. The number of hydrogen-bond acceptors (Lipinski definition) is 3. The Bertz CT molecular complexity index is 356. The molecule has 1 fully saturated rings. The van der Waals surface area contributed by atoms with Gasteiger partial charge in [-0.3, -0.25) is 4.79 Å². The van der Waals surface area contributed by atoms with Gasteiger partial charge < -0.3 is 10.1 Å². The molecule has 94 valence electrons. The maximum atomic E-state index is 11.5. The minimum absolute atomic E-state index is 0.0194. The van der Waals surface area contributed by atoms with Gasteiger partial charge in [-0.15, -0.1) is 0 Å². The number of hydrogen-bond donors (Lipinski definition) is 1. The van der Waals surface area contributed by atoms with E-state index in [1.165, 1.54) is 31.2 Å². The van der Waals surface area contributed by atoms with Crippen LogP contribution in [0.1, 0.15) is 31.2 Å². The fourth-order valence-electron chi connectivity index (χ4n) is 2.64. The molecule has 0 atom stereocenters. The Morgan fingerprint density at radius 3 is 2.88 bits per heavy atom. The van der Waals surface area contributed by atoms with Crippen LogP contribution in [0.2, 0.25) is 0 Å². The van der Waals surface area contributed by atoms with Gasteiger partial charge in [-0.1, -0.05) is 12.8 Å². The first kappa shape index (κ1) is 12.6. The van der Waals surface area contributed by atoms with Gasteiger partial charge >= 0.3 is 0 Å². The molecule has 0 spiro atoms. The SMILES string of the molecule is COCC(=O)NCC1(c2ccsc2)CCCC1. The highest BCUT2D eigenvalue weighted by molar-refractivity contribution is 7.08. The van der Waals surface area contributed by atoms with E-state index < -0.39 is 0 Å². The van der Waals surface area contributed by atoms with Crippen molar-refractivity contribution >= 4 is 17.2 Å². The lowest BCUT2D eigenvalue weighted by molar-refractivity contribution is -0.125. The van der Waals surface area contributed by atoms with Crippen molar-refractivity contribution in [3.8, 4) is 0 Å². The van der Waals surface area contributed by atoms with Crippen LogP contribution >= 0.6 is 11.3 Å². The Kier molecular flexibility index (Phi) is 4.18. The molecule has 1 aromatic heterocycles. The van der Waals surface area contributed by atoms with Crippen molar-refractivity contribution in [2.45, 2.75) is 31.1 Å². The Balaban J connectivity index is 2.01. The van der Waals surface area contributed by atoms with E-state index in [1.807, 2.05) is 0 Å². The largest absolute Gasteiger partial charge is 0.375 e. The molecule has 0 saturated heterocycles. The van der Waals surface area contributed by atoms with Gasteiger partial charge in [0.25, 0.3) is 0 Å². The Hall–Kier alpha value is -0.870. The first-order valence-corrected chi connectivity index (χ1v) is 6.99. The highest BCUT2D eigenvalue weighted by Crippen LogP contribution is 2.41. The molecule has 0 unspecified atom stereocenters. The molecule has 1 heterocycles. The summed E-state index contributed by atoms with van der Waals surface area (Å²) >= 11 is 1.73. The van der Waals surface area contributed by atoms with Crippen LogP contribution in [0.3, 0.4) is 0 Å². The molecule has 0 bridgehead atoms. The number of methoxy groups -OCH3 is 1. The molecule has 1 aromatic rings. The van der Waals surface area contributed by atoms with Gasteiger partial charge in [0.2, 0.25) is 5.91 Å². The minimum Gasteiger partial charge on any atom is -0.375 e. The van der Waals surface area contributed by atoms with Crippen LogP contribution in [-0.2, 0) is 14.9 Å². The average Bonchev–Trinajstić information content (AvgIpc) is 2.98. The lowest BCUT2D eigenvalue weighted by atomic mass is 9.80. The summed E-state index contributed by atoms with van der Waals surface area (Å²) in [5, 5.41) is 7.33. The number of carbonyl (C=O) groups is 1. The quantitative estimate of drug-likeness (QED) is 0.874. The fourth-order valence-corrected chi connectivity index (χ4v) is 3.41. The Labute approximate surface area is 106 Å². The Morgan fingerprint density at radius 1 is 1.53 bits per heavy atom. The second kappa shape index (κ2) is 5.65. The van der Waals surface area contributed by atoms with Gasteiger partial charge in [0.15, 0.2) is 0 Å². The molecule has 17 heavy (non-hydrogen) atoms. The zero-order chi connectivity index (χ0) is 12.1. The molecule has 1 saturated carbocycles. The van der Waals surface area contributed by atoms with Crippen molar-refractivity contribution in [3.63, 3.8) is 0 Å². The molecule has 1 amide bonds. The van der Waals surface area contributed by atoms with Crippen LogP contribution in [0.5, 0.6) is 0 Å². The van der Waals surface area contributed by atoms with Crippen molar-refractivity contribution < 1.29 is 9.53 Å². The van der Waals surface area contributed by atoms with E-state index in [-0.39, 0.29) is 17.9 Å². The average molecular weight is 253 g/mol. The van der Waals surface area contributed by atoms with E-state index in [0.717, 1.165) is 6.54 Å². The topological polar surface area (TPSA) is 38.3 Å². The summed E-state index contributed by atoms with van der Waals surface area (Å²) in [4.78, 5) is 11.5. The van der Waals surface area contributed by atoms with E-state index in [0.29, 0.717) is 0 Å². The van der Waals surface area contributed by atoms with Crippen LogP contribution in [0.15, 0.2) is 16.8 Å². The van der Waals surface area contributed by atoms with Crippen molar-refractivity contribution in [1.29, 1.82) is 0 Å². The van der Waals surface area contributed by atoms with Crippen LogP contribution < -0.4 is 5.32 Å². The lowest BCUT2D eigenvalue weighted by Crippen LogP contribution is -2.40. The van der Waals surface area contributed by atoms with Crippen LogP contribution in [0.25, 0.3) is 0 Å². The minimum atomic E-state index is -0.0194. The van der Waals surface area contributed by atoms with Crippen molar-refractivity contribution in [2.75, 3.05) is 20.3 Å². The lowest BCUT2D eigenvalue weighted by Gasteiger charge is -2.28. The smallest absolute Gasteiger partial charge is 0.246 e. The first-order valence-electron chi connectivity index (χ1n) is 6.05. The molecule has 0 radical (unpaired) electrons. The van der Waals surface area contributed by atoms with E-state index in [2.05, 4.69) is 22.1 Å². The molecule has 1 aliphatic carbocycles. The van der Waals surface area contributed by atoms with Crippen LogP contribution in [0.4, 0.5) is 0 Å². The zero-order valence-electron chi connectivity index (χ0n) is 10.2. The molecule has 0 aromatic carbocycles. The predicted molar refractivity (Wildman–Crippen MR) is 69.4 cm³/mol. The van der Waals surface area contributed by atoms with Crippen molar-refractivity contribution in [1.82, 2.24) is 5.32 Å². The van der Waals surface area contributed by atoms with E-state index in [4.69, 9.17) is 4.74 Å². The molecule has 4 heteroatoms. The summed E-state index contributed by atoms with van der Waals surface area (Å²) in [7, 11) is 1.55. The number of nitrogens with one attached hydrogen (secondary N) is 1. The number of thiophene rings is 1. The van der Waals surface area contributed by atoms with Crippen molar-refractivity contribution in [2.24, 2.45) is 0 Å². The first-order chi connectivity index (χ1) is 8.27. The van der Waals surface area contributed by atoms with E-state index in [1.54, 1.807) is 18.4 Å². The molecular weight excluding hydrogens is 234 g/mol. The number of rotatable bonds is 5. The summed E-state index contributed by atoms with van der Waals surface area (Å²) in [5.41, 5.74) is 1.56. The second-order valence-electron chi connectivity index (χ2n) is 4.71. The normalized spacial score (nSPS) is 18.2. The highest BCUT2D eigenvalue weighted by Gasteiger charge is 2.36. The van der Waals surface area contributed by atoms with Crippen LogP contribution in [-0.4, -0.2) is 26.2 Å². The van der Waals surface area contributed by atoms with Gasteiger partial charge in [-0.2, -0.15) is 11.3 Å². The van der Waals surface area contributed by atoms with Crippen LogP contribution in [0, 0.1) is 0 Å². The molecular formula is C13H19NO2S. The standard InChI is InChI=1S/C13H19NO2S/c1-16-8-12(15)14-10-13(5-2-3-6-13)11-4-7-17-9-11/h4,7,9H,2-3,5-6,8,10H2,1H3,(H,14,15). The zero-order valence-corrected chi connectivity index (χ0v) is 11.0. The number of ether oxygens (including phenoxy) is 1. The number of carbonyl (C=O) groups excluding carboxylic acids is 1. The highest BCUT2D eigenvalue weighted by atomic mass is 32.1. The third-order valence-electron chi connectivity index (χ3n) is 3.59. The van der Waals surface area contributed by atoms with Gasteiger partial charge in [-0.05, 0) is 35.2 Å². The Morgan fingerprint density at radius 2 is 2.29 bits per heavy atom. The third kappa shape index (κ3) is 2.87.